The lowest BCUT2D eigenvalue weighted by Crippen LogP contribution is -2.30. The number of hydrogen-bond acceptors (Lipinski definition) is 4. The average Bonchev–Trinajstić information content (AvgIpc) is 2.98. The molecule has 3 aromatic rings. The number of amides is 1. The van der Waals surface area contributed by atoms with Crippen molar-refractivity contribution in [1.82, 2.24) is 4.98 Å². The van der Waals surface area contributed by atoms with Crippen molar-refractivity contribution in [3.8, 4) is 17.0 Å². The maximum Gasteiger partial charge on any atom is 0.266 e. The van der Waals surface area contributed by atoms with E-state index in [0.29, 0.717) is 20.9 Å². The summed E-state index contributed by atoms with van der Waals surface area (Å²) in [6.07, 6.45) is -0.673. The largest absolute Gasteiger partial charge is 0.481 e. The molecule has 4 nitrogen and oxygen atoms in total. The Morgan fingerprint density at radius 2 is 1.78 bits per heavy atom. The molecule has 0 radical (unpaired) electrons. The number of nitrogens with zero attached hydrogens (tertiary/aromatic N) is 1. The number of anilines is 1. The molecule has 1 amide bonds. The van der Waals surface area contributed by atoms with Crippen molar-refractivity contribution in [2.75, 3.05) is 5.32 Å². The highest BCUT2D eigenvalue weighted by molar-refractivity contribution is 7.16. The Morgan fingerprint density at radius 1 is 1.11 bits per heavy atom. The van der Waals surface area contributed by atoms with Gasteiger partial charge in [-0.15, -0.1) is 11.3 Å². The van der Waals surface area contributed by atoms with Crippen LogP contribution in [0.2, 0.25) is 10.0 Å². The number of aromatic nitrogens is 1. The van der Waals surface area contributed by atoms with E-state index < -0.39 is 6.10 Å². The van der Waals surface area contributed by atoms with Gasteiger partial charge in [0.2, 0.25) is 0 Å². The summed E-state index contributed by atoms with van der Waals surface area (Å²) in [4.78, 5) is 18.0. The molecule has 2 aromatic carbocycles. The van der Waals surface area contributed by atoms with Gasteiger partial charge in [0.05, 0.1) is 5.69 Å². The Bertz CT molecular complexity index is 971. The molecule has 7 heteroatoms. The van der Waals surface area contributed by atoms with Crippen LogP contribution in [0, 0.1) is 13.8 Å². The minimum Gasteiger partial charge on any atom is -0.481 e. The molecule has 0 saturated carbocycles. The molecular weight excluding hydrogens is 403 g/mol. The van der Waals surface area contributed by atoms with Gasteiger partial charge in [0, 0.05) is 20.5 Å². The summed E-state index contributed by atoms with van der Waals surface area (Å²) < 4.78 is 5.76. The van der Waals surface area contributed by atoms with E-state index in [1.54, 1.807) is 25.1 Å². The van der Waals surface area contributed by atoms with Crippen molar-refractivity contribution in [2.45, 2.75) is 26.9 Å². The zero-order chi connectivity index (χ0) is 19.6. The lowest BCUT2D eigenvalue weighted by atomic mass is 10.1. The molecule has 0 aliphatic carbocycles. The third-order valence-electron chi connectivity index (χ3n) is 3.95. The highest BCUT2D eigenvalue weighted by Crippen LogP contribution is 2.31. The predicted molar refractivity (Wildman–Crippen MR) is 112 cm³/mol. The van der Waals surface area contributed by atoms with Crippen molar-refractivity contribution in [3.05, 3.63) is 63.0 Å². The molecule has 27 heavy (non-hydrogen) atoms. The van der Waals surface area contributed by atoms with Gasteiger partial charge in [-0.05, 0) is 56.7 Å². The van der Waals surface area contributed by atoms with Crippen LogP contribution in [0.3, 0.4) is 0 Å². The number of benzene rings is 2. The molecule has 1 atom stereocenters. The lowest BCUT2D eigenvalue weighted by Gasteiger charge is -2.15. The number of hydrogen-bond donors (Lipinski definition) is 1. The molecule has 0 bridgehead atoms. The number of rotatable bonds is 5. The van der Waals surface area contributed by atoms with E-state index in [9.17, 15) is 4.79 Å². The molecule has 140 valence electrons. The van der Waals surface area contributed by atoms with Gasteiger partial charge in [0.25, 0.3) is 5.91 Å². The molecule has 0 aliphatic heterocycles. The number of carbonyl (C=O) groups is 1. The van der Waals surface area contributed by atoms with Crippen molar-refractivity contribution >= 4 is 45.6 Å². The average molecular weight is 421 g/mol. The van der Waals surface area contributed by atoms with E-state index in [2.05, 4.69) is 10.3 Å². The van der Waals surface area contributed by atoms with Crippen LogP contribution in [-0.2, 0) is 4.79 Å². The summed E-state index contributed by atoms with van der Waals surface area (Å²) in [5.41, 5.74) is 2.65. The minimum atomic E-state index is -0.673. The molecule has 1 heterocycles. The van der Waals surface area contributed by atoms with Crippen LogP contribution < -0.4 is 10.1 Å². The molecule has 1 unspecified atom stereocenters. The van der Waals surface area contributed by atoms with Crippen LogP contribution in [0.4, 0.5) is 5.13 Å². The lowest BCUT2D eigenvalue weighted by molar-refractivity contribution is -0.122. The molecule has 0 spiro atoms. The molecule has 0 aliphatic rings. The zero-order valence-electron chi connectivity index (χ0n) is 15.0. The third-order valence-corrected chi connectivity index (χ3v) is 5.33. The minimum absolute atomic E-state index is 0.263. The number of nitrogens with one attached hydrogen (secondary N) is 1. The van der Waals surface area contributed by atoms with E-state index >= 15 is 0 Å². The number of thiazole rings is 1. The summed E-state index contributed by atoms with van der Waals surface area (Å²) in [6, 6.07) is 12.7. The highest BCUT2D eigenvalue weighted by atomic mass is 35.5. The zero-order valence-corrected chi connectivity index (χ0v) is 17.4. The monoisotopic (exact) mass is 420 g/mol. The van der Waals surface area contributed by atoms with Crippen LogP contribution >= 0.6 is 34.5 Å². The normalized spacial score (nSPS) is 11.9. The van der Waals surface area contributed by atoms with Gasteiger partial charge in [-0.3, -0.25) is 10.1 Å². The first kappa shape index (κ1) is 19.7. The van der Waals surface area contributed by atoms with E-state index in [1.807, 2.05) is 38.1 Å². The van der Waals surface area contributed by atoms with Gasteiger partial charge >= 0.3 is 0 Å². The fraction of sp³-hybridized carbons (Fsp3) is 0.200. The molecule has 0 saturated heterocycles. The molecule has 1 aromatic heterocycles. The Labute approximate surface area is 172 Å². The van der Waals surface area contributed by atoms with Gasteiger partial charge in [0.15, 0.2) is 11.2 Å². The predicted octanol–water partition coefficient (Wildman–Crippen LogP) is 6.14. The number of carbonyl (C=O) groups excluding carboxylic acids is 1. The Balaban J connectivity index is 1.70. The first-order valence-corrected chi connectivity index (χ1v) is 9.88. The van der Waals surface area contributed by atoms with Gasteiger partial charge in [-0.2, -0.15) is 0 Å². The number of aryl methyl sites for hydroxylation is 2. The first-order chi connectivity index (χ1) is 12.8. The van der Waals surface area contributed by atoms with Crippen molar-refractivity contribution in [1.29, 1.82) is 0 Å². The second-order valence-corrected chi connectivity index (χ2v) is 8.17. The topological polar surface area (TPSA) is 51.2 Å². The Morgan fingerprint density at radius 3 is 2.44 bits per heavy atom. The Kier molecular flexibility index (Phi) is 6.05. The van der Waals surface area contributed by atoms with Gasteiger partial charge in [0.1, 0.15) is 5.75 Å². The van der Waals surface area contributed by atoms with Gasteiger partial charge < -0.3 is 4.74 Å². The SMILES string of the molecule is Cc1cc(Cl)ccc1OC(C)C(=O)Nc1nc(-c2ccc(Cl)cc2)c(C)s1. The smallest absolute Gasteiger partial charge is 0.266 e. The van der Waals surface area contributed by atoms with Crippen LogP contribution in [0.5, 0.6) is 5.75 Å². The van der Waals surface area contributed by atoms with Crippen LogP contribution in [-0.4, -0.2) is 17.0 Å². The second kappa shape index (κ2) is 8.30. The summed E-state index contributed by atoms with van der Waals surface area (Å²) in [6.45, 7) is 5.55. The maximum absolute atomic E-state index is 12.5. The van der Waals surface area contributed by atoms with Crippen LogP contribution in [0.1, 0.15) is 17.4 Å². The summed E-state index contributed by atoms with van der Waals surface area (Å²) in [5, 5.41) is 4.66. The highest BCUT2D eigenvalue weighted by Gasteiger charge is 2.19. The van der Waals surface area contributed by atoms with Crippen molar-refractivity contribution < 1.29 is 9.53 Å². The fourth-order valence-corrected chi connectivity index (χ4v) is 3.71. The van der Waals surface area contributed by atoms with E-state index in [4.69, 9.17) is 27.9 Å². The van der Waals surface area contributed by atoms with E-state index in [1.165, 1.54) is 11.3 Å². The first-order valence-electron chi connectivity index (χ1n) is 8.30. The standard InChI is InChI=1S/C20H18Cl2N2O2S/c1-11-10-16(22)8-9-17(11)26-12(2)19(25)24-20-23-18(13(3)27-20)14-4-6-15(21)7-5-14/h4-10,12H,1-3H3,(H,23,24,25). The summed E-state index contributed by atoms with van der Waals surface area (Å²) in [5.74, 6) is 0.361. The second-order valence-electron chi connectivity index (χ2n) is 6.09. The quantitative estimate of drug-likeness (QED) is 0.538. The van der Waals surface area contributed by atoms with Gasteiger partial charge in [-0.25, -0.2) is 4.98 Å². The summed E-state index contributed by atoms with van der Waals surface area (Å²) in [7, 11) is 0. The fourth-order valence-electron chi connectivity index (χ4n) is 2.52. The number of ether oxygens (including phenoxy) is 1. The van der Waals surface area contributed by atoms with Crippen molar-refractivity contribution in [3.63, 3.8) is 0 Å². The molecule has 0 fully saturated rings. The molecule has 3 rings (SSSR count). The van der Waals surface area contributed by atoms with Crippen LogP contribution in [0.15, 0.2) is 42.5 Å². The summed E-state index contributed by atoms with van der Waals surface area (Å²) >= 11 is 13.3. The third kappa shape index (κ3) is 4.80. The molecular formula is C20H18Cl2N2O2S. The maximum atomic E-state index is 12.5. The Hall–Kier alpha value is -2.08. The molecule has 1 N–H and O–H groups in total. The van der Waals surface area contributed by atoms with Crippen molar-refractivity contribution in [2.24, 2.45) is 0 Å². The van der Waals surface area contributed by atoms with Crippen LogP contribution in [0.25, 0.3) is 11.3 Å². The number of halogens is 2. The van der Waals surface area contributed by atoms with Gasteiger partial charge in [-0.1, -0.05) is 35.3 Å². The van der Waals surface area contributed by atoms with E-state index in [-0.39, 0.29) is 5.91 Å². The van der Waals surface area contributed by atoms with E-state index in [0.717, 1.165) is 21.7 Å².